The van der Waals surface area contributed by atoms with Gasteiger partial charge in [0, 0.05) is 25.3 Å². The second kappa shape index (κ2) is 8.04. The molecule has 144 valence electrons. The van der Waals surface area contributed by atoms with E-state index in [2.05, 4.69) is 15.3 Å². The number of pyridine rings is 1. The van der Waals surface area contributed by atoms with E-state index < -0.39 is 5.60 Å². The van der Waals surface area contributed by atoms with Crippen molar-refractivity contribution in [3.8, 4) is 0 Å². The van der Waals surface area contributed by atoms with Gasteiger partial charge in [0.2, 0.25) is 5.78 Å². The molecule has 1 amide bonds. The molecule has 0 spiro atoms. The van der Waals surface area contributed by atoms with Gasteiger partial charge >= 0.3 is 6.09 Å². The fourth-order valence-electron chi connectivity index (χ4n) is 2.78. The van der Waals surface area contributed by atoms with Gasteiger partial charge in [0.25, 0.3) is 0 Å². The number of aromatic nitrogens is 2. The smallest absolute Gasteiger partial charge is 0.410 e. The van der Waals surface area contributed by atoms with Gasteiger partial charge in [-0.25, -0.2) is 9.78 Å². The molecule has 3 heterocycles. The number of hydrogen-bond acceptors (Lipinski definition) is 7. The molecule has 0 saturated carbocycles. The molecule has 2 aromatic rings. The van der Waals surface area contributed by atoms with E-state index in [-0.39, 0.29) is 17.9 Å². The Hall–Kier alpha value is -2.48. The van der Waals surface area contributed by atoms with E-state index in [1.54, 1.807) is 35.5 Å². The van der Waals surface area contributed by atoms with E-state index in [0.29, 0.717) is 28.8 Å². The summed E-state index contributed by atoms with van der Waals surface area (Å²) in [5.41, 5.74) is -0.0674. The SMILES string of the molecule is CC(C)(C)OC(=O)N1CCC(Nc2ncc(C(=O)c3ccccn3)s2)CC1. The number of ether oxygens (including phenoxy) is 1. The van der Waals surface area contributed by atoms with E-state index in [9.17, 15) is 9.59 Å². The maximum absolute atomic E-state index is 12.4. The number of hydrogen-bond donors (Lipinski definition) is 1. The van der Waals surface area contributed by atoms with Crippen molar-refractivity contribution in [2.45, 2.75) is 45.3 Å². The summed E-state index contributed by atoms with van der Waals surface area (Å²) in [5.74, 6) is -0.124. The maximum Gasteiger partial charge on any atom is 0.410 e. The fraction of sp³-hybridized carbons (Fsp3) is 0.474. The third-order valence-corrected chi connectivity index (χ3v) is 5.03. The molecule has 0 bridgehead atoms. The monoisotopic (exact) mass is 388 g/mol. The van der Waals surface area contributed by atoms with Crippen molar-refractivity contribution >= 4 is 28.3 Å². The lowest BCUT2D eigenvalue weighted by Crippen LogP contribution is -2.44. The number of carbonyl (C=O) groups excluding carboxylic acids is 2. The van der Waals surface area contributed by atoms with Crippen LogP contribution in [0.3, 0.4) is 0 Å². The molecule has 0 aliphatic carbocycles. The maximum atomic E-state index is 12.4. The number of carbonyl (C=O) groups is 2. The van der Waals surface area contributed by atoms with Gasteiger partial charge in [-0.1, -0.05) is 17.4 Å². The third kappa shape index (κ3) is 5.26. The fourth-order valence-corrected chi connectivity index (χ4v) is 3.62. The van der Waals surface area contributed by atoms with E-state index in [1.807, 2.05) is 20.8 Å². The summed E-state index contributed by atoms with van der Waals surface area (Å²) in [7, 11) is 0. The molecule has 0 atom stereocenters. The summed E-state index contributed by atoms with van der Waals surface area (Å²) in [6.07, 6.45) is 4.54. The van der Waals surface area contributed by atoms with Crippen LogP contribution in [0.15, 0.2) is 30.6 Å². The summed E-state index contributed by atoms with van der Waals surface area (Å²) in [6.45, 7) is 6.87. The van der Waals surface area contributed by atoms with Crippen molar-refractivity contribution in [3.05, 3.63) is 41.2 Å². The molecule has 8 heteroatoms. The minimum Gasteiger partial charge on any atom is -0.444 e. The largest absolute Gasteiger partial charge is 0.444 e. The molecule has 0 radical (unpaired) electrons. The van der Waals surface area contributed by atoms with Crippen LogP contribution in [-0.2, 0) is 4.74 Å². The zero-order valence-corrected chi connectivity index (χ0v) is 16.6. The second-order valence-corrected chi connectivity index (χ2v) is 8.49. The second-order valence-electron chi connectivity index (χ2n) is 7.46. The quantitative estimate of drug-likeness (QED) is 0.806. The van der Waals surface area contributed by atoms with Crippen LogP contribution >= 0.6 is 11.3 Å². The minimum atomic E-state index is -0.483. The standard InChI is InChI=1S/C19H24N4O3S/c1-19(2,3)26-18(25)23-10-7-13(8-11-23)22-17-21-12-15(27-17)16(24)14-6-4-5-9-20-14/h4-6,9,12-13H,7-8,10-11H2,1-3H3,(H,21,22). The molecule has 3 rings (SSSR count). The molecule has 2 aromatic heterocycles. The Morgan fingerprint density at radius 2 is 1.96 bits per heavy atom. The topological polar surface area (TPSA) is 84.4 Å². The van der Waals surface area contributed by atoms with E-state index in [4.69, 9.17) is 4.74 Å². The minimum absolute atomic E-state index is 0.124. The molecule has 1 aliphatic heterocycles. The van der Waals surface area contributed by atoms with Crippen molar-refractivity contribution in [2.24, 2.45) is 0 Å². The highest BCUT2D eigenvalue weighted by Crippen LogP contribution is 2.24. The number of amides is 1. The summed E-state index contributed by atoms with van der Waals surface area (Å²) < 4.78 is 5.42. The van der Waals surface area contributed by atoms with Crippen LogP contribution in [0, 0.1) is 0 Å². The van der Waals surface area contributed by atoms with Gasteiger partial charge in [-0.15, -0.1) is 0 Å². The number of thiazole rings is 1. The van der Waals surface area contributed by atoms with Crippen molar-refractivity contribution in [2.75, 3.05) is 18.4 Å². The number of likely N-dealkylation sites (tertiary alicyclic amines) is 1. The highest BCUT2D eigenvalue weighted by atomic mass is 32.1. The Kier molecular flexibility index (Phi) is 5.74. The zero-order valence-electron chi connectivity index (χ0n) is 15.8. The molecular weight excluding hydrogens is 364 g/mol. The van der Waals surface area contributed by atoms with Gasteiger partial charge in [-0.3, -0.25) is 9.78 Å². The van der Waals surface area contributed by atoms with Crippen LogP contribution in [0.25, 0.3) is 0 Å². The highest BCUT2D eigenvalue weighted by molar-refractivity contribution is 7.17. The van der Waals surface area contributed by atoms with Gasteiger partial charge in [0.15, 0.2) is 5.13 Å². The molecule has 0 aromatic carbocycles. The van der Waals surface area contributed by atoms with Crippen LogP contribution in [0.5, 0.6) is 0 Å². The Labute approximate surface area is 162 Å². The first-order chi connectivity index (χ1) is 12.8. The predicted molar refractivity (Wildman–Crippen MR) is 104 cm³/mol. The Bertz CT molecular complexity index is 793. The molecule has 7 nitrogen and oxygen atoms in total. The van der Waals surface area contributed by atoms with E-state index in [1.165, 1.54) is 11.3 Å². The number of piperidine rings is 1. The van der Waals surface area contributed by atoms with Crippen LogP contribution in [0.2, 0.25) is 0 Å². The predicted octanol–water partition coefficient (Wildman–Crippen LogP) is 3.58. The van der Waals surface area contributed by atoms with Crippen molar-refractivity contribution in [1.29, 1.82) is 0 Å². The van der Waals surface area contributed by atoms with Crippen LogP contribution in [0.4, 0.5) is 9.93 Å². The lowest BCUT2D eigenvalue weighted by atomic mass is 10.1. The molecule has 0 unspecified atom stereocenters. The van der Waals surface area contributed by atoms with Gasteiger partial charge in [-0.2, -0.15) is 0 Å². The summed E-state index contributed by atoms with van der Waals surface area (Å²) >= 11 is 1.33. The van der Waals surface area contributed by atoms with Gasteiger partial charge in [-0.05, 0) is 45.7 Å². The molecule has 1 saturated heterocycles. The first kappa shape index (κ1) is 19.3. The van der Waals surface area contributed by atoms with Crippen molar-refractivity contribution < 1.29 is 14.3 Å². The summed E-state index contributed by atoms with van der Waals surface area (Å²) in [5, 5.41) is 4.08. The average Bonchev–Trinajstić information content (AvgIpc) is 3.09. The number of ketones is 1. The Morgan fingerprint density at radius 3 is 2.59 bits per heavy atom. The molecule has 1 aliphatic rings. The Morgan fingerprint density at radius 1 is 1.22 bits per heavy atom. The summed E-state index contributed by atoms with van der Waals surface area (Å²) in [6, 6.07) is 5.48. The van der Waals surface area contributed by atoms with Crippen molar-refractivity contribution in [3.63, 3.8) is 0 Å². The lowest BCUT2D eigenvalue weighted by Gasteiger charge is -2.33. The molecule has 27 heavy (non-hydrogen) atoms. The molecule has 1 fully saturated rings. The summed E-state index contributed by atoms with van der Waals surface area (Å²) in [4.78, 5) is 35.2. The highest BCUT2D eigenvalue weighted by Gasteiger charge is 2.27. The number of anilines is 1. The van der Waals surface area contributed by atoms with E-state index >= 15 is 0 Å². The zero-order chi connectivity index (χ0) is 19.4. The first-order valence-electron chi connectivity index (χ1n) is 8.98. The number of nitrogens with one attached hydrogen (secondary N) is 1. The first-order valence-corrected chi connectivity index (χ1v) is 9.79. The van der Waals surface area contributed by atoms with Gasteiger partial charge in [0.05, 0.1) is 11.1 Å². The number of nitrogens with zero attached hydrogens (tertiary/aromatic N) is 3. The van der Waals surface area contributed by atoms with E-state index in [0.717, 1.165) is 12.8 Å². The lowest BCUT2D eigenvalue weighted by molar-refractivity contribution is 0.0210. The van der Waals surface area contributed by atoms with Crippen molar-refractivity contribution in [1.82, 2.24) is 14.9 Å². The number of rotatable bonds is 4. The molecular formula is C19H24N4O3S. The van der Waals surface area contributed by atoms with Crippen LogP contribution < -0.4 is 5.32 Å². The van der Waals surface area contributed by atoms with Crippen LogP contribution in [-0.4, -0.2) is 51.5 Å². The normalized spacial score (nSPS) is 15.4. The van der Waals surface area contributed by atoms with Crippen LogP contribution in [0.1, 0.15) is 49.0 Å². The van der Waals surface area contributed by atoms with Gasteiger partial charge in [0.1, 0.15) is 11.3 Å². The average molecular weight is 388 g/mol. The third-order valence-electron chi connectivity index (χ3n) is 4.10. The van der Waals surface area contributed by atoms with Gasteiger partial charge < -0.3 is 15.0 Å². The Balaban J connectivity index is 1.52. The molecule has 1 N–H and O–H groups in total.